The molecule has 112 valence electrons. The lowest BCUT2D eigenvalue weighted by atomic mass is 9.79. The number of rotatable bonds is 0. The highest BCUT2D eigenvalue weighted by Crippen LogP contribution is 2.51. The highest BCUT2D eigenvalue weighted by Gasteiger charge is 2.51. The number of hydrogen-bond acceptors (Lipinski definition) is 1. The summed E-state index contributed by atoms with van der Waals surface area (Å²) in [4.78, 5) is 18.4. The van der Waals surface area contributed by atoms with Crippen molar-refractivity contribution in [1.82, 2.24) is 9.88 Å². The maximum atomic E-state index is 12.7. The number of nitrogens with one attached hydrogen (secondary N) is 1. The Labute approximate surface area is 133 Å². The van der Waals surface area contributed by atoms with Crippen molar-refractivity contribution in [2.45, 2.75) is 25.3 Å². The Bertz CT molecular complexity index is 822. The third-order valence-corrected chi connectivity index (χ3v) is 5.94. The van der Waals surface area contributed by atoms with E-state index < -0.39 is 0 Å². The van der Waals surface area contributed by atoms with E-state index >= 15 is 0 Å². The second-order valence-corrected chi connectivity index (χ2v) is 7.14. The van der Waals surface area contributed by atoms with Crippen molar-refractivity contribution in [3.8, 4) is 0 Å². The Morgan fingerprint density at radius 3 is 3.05 bits per heavy atom. The van der Waals surface area contributed by atoms with Gasteiger partial charge in [-0.05, 0) is 30.9 Å². The van der Waals surface area contributed by atoms with Gasteiger partial charge in [0.25, 0.3) is 0 Å². The Morgan fingerprint density at radius 1 is 1.27 bits per heavy atom. The fourth-order valence-corrected chi connectivity index (χ4v) is 4.94. The predicted octanol–water partition coefficient (Wildman–Crippen LogP) is 3.76. The van der Waals surface area contributed by atoms with Crippen molar-refractivity contribution < 1.29 is 4.79 Å². The minimum absolute atomic E-state index is 0.116. The van der Waals surface area contributed by atoms with E-state index in [-0.39, 0.29) is 12.0 Å². The number of aromatic amines is 1. The first-order chi connectivity index (χ1) is 10.7. The molecule has 1 N–H and O–H groups in total. The summed E-state index contributed by atoms with van der Waals surface area (Å²) in [6, 6.07) is 8.63. The first kappa shape index (κ1) is 12.8. The number of halogens is 1. The molecule has 3 heterocycles. The summed E-state index contributed by atoms with van der Waals surface area (Å²) >= 11 is 6.29. The van der Waals surface area contributed by atoms with Crippen molar-refractivity contribution in [1.29, 1.82) is 0 Å². The van der Waals surface area contributed by atoms with E-state index in [1.165, 1.54) is 22.2 Å². The number of H-pyrrole nitrogens is 1. The van der Waals surface area contributed by atoms with Crippen molar-refractivity contribution in [3.05, 3.63) is 46.6 Å². The monoisotopic (exact) mass is 312 g/mol. The van der Waals surface area contributed by atoms with Crippen LogP contribution >= 0.6 is 11.6 Å². The first-order valence-electron chi connectivity index (χ1n) is 7.98. The van der Waals surface area contributed by atoms with Crippen LogP contribution in [0, 0.1) is 11.8 Å². The highest BCUT2D eigenvalue weighted by molar-refractivity contribution is 6.29. The predicted molar refractivity (Wildman–Crippen MR) is 86.6 cm³/mol. The molecule has 1 aliphatic carbocycles. The second kappa shape index (κ2) is 4.39. The summed E-state index contributed by atoms with van der Waals surface area (Å²) in [5, 5.41) is 2.23. The molecule has 0 radical (unpaired) electrons. The number of carbonyl (C=O) groups excluding carboxylic acids is 1. The fourth-order valence-electron chi connectivity index (χ4n) is 4.67. The molecule has 4 heteroatoms. The van der Waals surface area contributed by atoms with Crippen LogP contribution in [0.3, 0.4) is 0 Å². The summed E-state index contributed by atoms with van der Waals surface area (Å²) < 4.78 is 0. The number of allylic oxidation sites excluding steroid dienone is 2. The Balaban J connectivity index is 1.69. The van der Waals surface area contributed by atoms with Crippen LogP contribution in [0.15, 0.2) is 35.4 Å². The summed E-state index contributed by atoms with van der Waals surface area (Å²) in [7, 11) is 0. The maximum absolute atomic E-state index is 12.7. The third-order valence-electron chi connectivity index (χ3n) is 5.63. The summed E-state index contributed by atoms with van der Waals surface area (Å²) in [6.07, 6.45) is 4.60. The molecule has 22 heavy (non-hydrogen) atoms. The van der Waals surface area contributed by atoms with Gasteiger partial charge in [-0.15, -0.1) is 0 Å². The molecule has 1 aromatic carbocycles. The summed E-state index contributed by atoms with van der Waals surface area (Å²) in [5.41, 5.74) is 3.83. The van der Waals surface area contributed by atoms with Crippen molar-refractivity contribution >= 4 is 28.4 Å². The van der Waals surface area contributed by atoms with Crippen LogP contribution in [0.5, 0.6) is 0 Å². The lowest BCUT2D eigenvalue weighted by Crippen LogP contribution is -2.35. The van der Waals surface area contributed by atoms with Crippen LogP contribution in [0.2, 0.25) is 0 Å². The van der Waals surface area contributed by atoms with E-state index in [2.05, 4.69) is 34.1 Å². The largest absolute Gasteiger partial charge is 0.356 e. The number of fused-ring (bicyclic) bond motifs is 7. The zero-order chi connectivity index (χ0) is 14.8. The van der Waals surface area contributed by atoms with Gasteiger partial charge in [0.15, 0.2) is 0 Å². The van der Waals surface area contributed by atoms with Crippen molar-refractivity contribution in [2.75, 3.05) is 6.54 Å². The highest BCUT2D eigenvalue weighted by atomic mass is 35.5. The molecular formula is C18H17ClN2O. The van der Waals surface area contributed by atoms with E-state index in [0.29, 0.717) is 11.8 Å². The molecule has 0 saturated carbocycles. The van der Waals surface area contributed by atoms with Gasteiger partial charge in [-0.3, -0.25) is 4.79 Å². The first-order valence-corrected chi connectivity index (χ1v) is 8.36. The number of benzene rings is 1. The van der Waals surface area contributed by atoms with E-state index in [9.17, 15) is 4.79 Å². The number of carbonyl (C=O) groups is 1. The quantitative estimate of drug-likeness (QED) is 0.790. The lowest BCUT2D eigenvalue weighted by Gasteiger charge is -2.33. The van der Waals surface area contributed by atoms with Gasteiger partial charge in [0, 0.05) is 40.0 Å². The molecule has 1 saturated heterocycles. The Hall–Kier alpha value is -1.74. The molecule has 3 atom stereocenters. The average molecular weight is 313 g/mol. The molecule has 2 aromatic rings. The minimum atomic E-state index is 0.116. The average Bonchev–Trinajstić information content (AvgIpc) is 3.03. The summed E-state index contributed by atoms with van der Waals surface area (Å²) in [6.45, 7) is 0.836. The zero-order valence-electron chi connectivity index (χ0n) is 12.2. The van der Waals surface area contributed by atoms with Gasteiger partial charge in [0.1, 0.15) is 0 Å². The van der Waals surface area contributed by atoms with Gasteiger partial charge in [0.2, 0.25) is 5.91 Å². The normalized spacial score (nSPS) is 30.0. The van der Waals surface area contributed by atoms with E-state index in [1.54, 1.807) is 0 Å². The third kappa shape index (κ3) is 1.55. The van der Waals surface area contributed by atoms with Gasteiger partial charge in [-0.2, -0.15) is 0 Å². The molecule has 2 aliphatic heterocycles. The molecule has 0 spiro atoms. The van der Waals surface area contributed by atoms with Crippen LogP contribution in [0.25, 0.3) is 10.9 Å². The van der Waals surface area contributed by atoms with E-state index in [1.807, 2.05) is 6.08 Å². The molecule has 1 amide bonds. The lowest BCUT2D eigenvalue weighted by molar-refractivity contribution is -0.132. The van der Waals surface area contributed by atoms with Gasteiger partial charge in [0.05, 0.1) is 6.04 Å². The number of amides is 1. The van der Waals surface area contributed by atoms with Crippen molar-refractivity contribution in [2.24, 2.45) is 11.8 Å². The van der Waals surface area contributed by atoms with Crippen LogP contribution in [-0.4, -0.2) is 22.3 Å². The number of aromatic nitrogens is 1. The standard InChI is InChI=1S/C18H17ClN2O/c19-10-5-6-13-14(9-10)17-16-12(7-8-21(17)18(13)22)11-3-1-2-4-15(11)20-16/h1-5,13-14,17,20H,6-9H2/t13-,14+,17+/m1/s1. The molecule has 0 bridgehead atoms. The van der Waals surface area contributed by atoms with Crippen LogP contribution < -0.4 is 0 Å². The van der Waals surface area contributed by atoms with Crippen molar-refractivity contribution in [3.63, 3.8) is 0 Å². The fraction of sp³-hybridized carbons (Fsp3) is 0.389. The van der Waals surface area contributed by atoms with Gasteiger partial charge < -0.3 is 9.88 Å². The van der Waals surface area contributed by atoms with Gasteiger partial charge in [-0.25, -0.2) is 0 Å². The maximum Gasteiger partial charge on any atom is 0.226 e. The molecule has 1 aromatic heterocycles. The SMILES string of the molecule is O=C1[C@@H]2CC=C(Cl)C[C@@H]2[C@H]2c3[nH]c4ccccc4c3CCN12. The van der Waals surface area contributed by atoms with Crippen LogP contribution in [0.1, 0.15) is 30.1 Å². The molecular weight excluding hydrogens is 296 g/mol. The topological polar surface area (TPSA) is 36.1 Å². The van der Waals surface area contributed by atoms with Crippen LogP contribution in [0.4, 0.5) is 0 Å². The zero-order valence-corrected chi connectivity index (χ0v) is 12.9. The number of para-hydroxylation sites is 1. The number of hydrogen-bond donors (Lipinski definition) is 1. The molecule has 5 rings (SSSR count). The molecule has 0 unspecified atom stereocenters. The smallest absolute Gasteiger partial charge is 0.226 e. The molecule has 3 aliphatic rings. The molecule has 3 nitrogen and oxygen atoms in total. The van der Waals surface area contributed by atoms with Crippen LogP contribution in [-0.2, 0) is 11.2 Å². The van der Waals surface area contributed by atoms with E-state index in [4.69, 9.17) is 11.6 Å². The summed E-state index contributed by atoms with van der Waals surface area (Å²) in [5.74, 6) is 0.752. The van der Waals surface area contributed by atoms with E-state index in [0.717, 1.165) is 30.8 Å². The molecule has 1 fully saturated rings. The minimum Gasteiger partial charge on any atom is -0.356 e. The second-order valence-electron chi connectivity index (χ2n) is 6.65. The number of nitrogens with zero attached hydrogens (tertiary/aromatic N) is 1. The van der Waals surface area contributed by atoms with Gasteiger partial charge >= 0.3 is 0 Å². The Kier molecular flexibility index (Phi) is 2.55. The Morgan fingerprint density at radius 2 is 2.14 bits per heavy atom. The van der Waals surface area contributed by atoms with Gasteiger partial charge in [-0.1, -0.05) is 35.9 Å².